The SMILES string of the molecule is NS(=O)(=O)c1c(F)c(F)c2c(c1F)N(C[C@H]1\C=C/C=C\C=C/C1)CCS2(=O)=O. The standard InChI is InChI=1S/C17H17F3N2O4S2/c18-12-13(19)17-15(14(20)16(12)28(21,25)26)22(8-9-27(17,23)24)10-11-6-4-2-1-3-5-7-11/h1-6,11H,7-10H2,(H2,21,25,26)/b2-1-,5-3-,6-4-/t11-/m0/s1. The number of rotatable bonds is 3. The van der Waals surface area contributed by atoms with E-state index in [2.05, 4.69) is 0 Å². The summed E-state index contributed by atoms with van der Waals surface area (Å²) < 4.78 is 91.4. The highest BCUT2D eigenvalue weighted by atomic mass is 32.2. The summed E-state index contributed by atoms with van der Waals surface area (Å²) >= 11 is 0. The maximum atomic E-state index is 15.0. The van der Waals surface area contributed by atoms with E-state index in [9.17, 15) is 30.0 Å². The van der Waals surface area contributed by atoms with Gasteiger partial charge in [-0.2, -0.15) is 0 Å². The Morgan fingerprint density at radius 1 is 1.07 bits per heavy atom. The predicted octanol–water partition coefficient (Wildman–Crippen LogP) is 2.03. The molecule has 0 saturated heterocycles. The summed E-state index contributed by atoms with van der Waals surface area (Å²) in [5, 5.41) is 4.83. The Balaban J connectivity index is 2.19. The zero-order valence-electron chi connectivity index (χ0n) is 14.5. The van der Waals surface area contributed by atoms with Gasteiger partial charge in [-0.1, -0.05) is 36.5 Å². The number of hydrogen-bond donors (Lipinski definition) is 1. The average molecular weight is 434 g/mol. The number of fused-ring (bicyclic) bond motifs is 1. The number of hydrogen-bond acceptors (Lipinski definition) is 5. The second kappa shape index (κ2) is 7.37. The summed E-state index contributed by atoms with van der Waals surface area (Å²) in [6.45, 7) is -0.130. The highest BCUT2D eigenvalue weighted by Crippen LogP contribution is 2.40. The summed E-state index contributed by atoms with van der Waals surface area (Å²) in [7, 11) is -9.31. The molecule has 0 unspecified atom stereocenters. The third-order valence-corrected chi connectivity index (χ3v) is 7.14. The molecule has 6 nitrogen and oxygen atoms in total. The van der Waals surface area contributed by atoms with E-state index in [4.69, 9.17) is 5.14 Å². The van der Waals surface area contributed by atoms with Crippen molar-refractivity contribution in [2.24, 2.45) is 11.1 Å². The Hall–Kier alpha value is -2.11. The lowest BCUT2D eigenvalue weighted by atomic mass is 10.0. The monoisotopic (exact) mass is 434 g/mol. The summed E-state index contributed by atoms with van der Waals surface area (Å²) in [4.78, 5) is -1.63. The molecule has 28 heavy (non-hydrogen) atoms. The van der Waals surface area contributed by atoms with E-state index >= 15 is 0 Å². The third kappa shape index (κ3) is 3.74. The molecule has 0 bridgehead atoms. The van der Waals surface area contributed by atoms with Crippen molar-refractivity contribution < 1.29 is 30.0 Å². The highest BCUT2D eigenvalue weighted by molar-refractivity contribution is 7.91. The van der Waals surface area contributed by atoms with Gasteiger partial charge in [0.2, 0.25) is 10.0 Å². The van der Waals surface area contributed by atoms with Crippen LogP contribution >= 0.6 is 0 Å². The Morgan fingerprint density at radius 2 is 1.75 bits per heavy atom. The van der Waals surface area contributed by atoms with Crippen molar-refractivity contribution in [1.82, 2.24) is 0 Å². The average Bonchev–Trinajstić information content (AvgIpc) is 2.54. The predicted molar refractivity (Wildman–Crippen MR) is 97.5 cm³/mol. The largest absolute Gasteiger partial charge is 0.366 e. The van der Waals surface area contributed by atoms with Crippen molar-refractivity contribution >= 4 is 25.5 Å². The molecular formula is C17H17F3N2O4S2. The molecule has 1 aromatic carbocycles. The molecule has 1 heterocycles. The van der Waals surface area contributed by atoms with Gasteiger partial charge in [0.05, 0.1) is 11.4 Å². The molecule has 152 valence electrons. The van der Waals surface area contributed by atoms with Gasteiger partial charge in [0.25, 0.3) is 0 Å². The van der Waals surface area contributed by atoms with Crippen molar-refractivity contribution in [2.75, 3.05) is 23.7 Å². The highest BCUT2D eigenvalue weighted by Gasteiger charge is 2.41. The quantitative estimate of drug-likeness (QED) is 0.735. The molecule has 0 radical (unpaired) electrons. The van der Waals surface area contributed by atoms with Gasteiger partial charge in [-0.3, -0.25) is 0 Å². The van der Waals surface area contributed by atoms with Gasteiger partial charge in [0.15, 0.2) is 32.2 Å². The molecule has 1 aliphatic heterocycles. The van der Waals surface area contributed by atoms with Crippen molar-refractivity contribution in [3.8, 4) is 0 Å². The Kier molecular flexibility index (Phi) is 5.43. The first kappa shape index (κ1) is 20.6. The van der Waals surface area contributed by atoms with Crippen LogP contribution in [0.5, 0.6) is 0 Å². The molecule has 3 rings (SSSR count). The van der Waals surface area contributed by atoms with Gasteiger partial charge in [0, 0.05) is 13.1 Å². The van der Waals surface area contributed by atoms with Gasteiger partial charge in [0.1, 0.15) is 4.90 Å². The van der Waals surface area contributed by atoms with Crippen LogP contribution in [0.25, 0.3) is 0 Å². The normalized spacial score (nSPS) is 24.7. The number of sulfonamides is 1. The van der Waals surface area contributed by atoms with Gasteiger partial charge in [-0.05, 0) is 12.3 Å². The van der Waals surface area contributed by atoms with Crippen LogP contribution in [-0.2, 0) is 19.9 Å². The number of anilines is 1. The number of nitrogens with zero attached hydrogens (tertiary/aromatic N) is 1. The molecule has 0 fully saturated rings. The van der Waals surface area contributed by atoms with Crippen LogP contribution in [0.15, 0.2) is 46.2 Å². The fourth-order valence-corrected chi connectivity index (χ4v) is 5.45. The first-order valence-electron chi connectivity index (χ1n) is 8.25. The van der Waals surface area contributed by atoms with E-state index in [1.807, 2.05) is 12.2 Å². The molecule has 1 aliphatic carbocycles. The molecule has 1 atom stereocenters. The fourth-order valence-electron chi connectivity index (χ4n) is 3.23. The van der Waals surface area contributed by atoms with Crippen molar-refractivity contribution in [3.63, 3.8) is 0 Å². The van der Waals surface area contributed by atoms with Crippen molar-refractivity contribution in [2.45, 2.75) is 16.2 Å². The van der Waals surface area contributed by atoms with Crippen LogP contribution < -0.4 is 10.0 Å². The van der Waals surface area contributed by atoms with Crippen LogP contribution in [-0.4, -0.2) is 35.7 Å². The number of primary sulfonamides is 1. The second-order valence-electron chi connectivity index (χ2n) is 6.45. The minimum atomic E-state index is -4.97. The van der Waals surface area contributed by atoms with Crippen LogP contribution in [0, 0.1) is 23.4 Å². The van der Waals surface area contributed by atoms with Gasteiger partial charge < -0.3 is 4.90 Å². The van der Waals surface area contributed by atoms with E-state index in [0.717, 1.165) is 0 Å². The summed E-state index contributed by atoms with van der Waals surface area (Å²) in [5.41, 5.74) is -0.802. The number of allylic oxidation sites excluding steroid dienone is 5. The first-order valence-corrected chi connectivity index (χ1v) is 11.4. The number of halogens is 3. The Morgan fingerprint density at radius 3 is 2.43 bits per heavy atom. The molecule has 2 N–H and O–H groups in total. The van der Waals surface area contributed by atoms with Crippen LogP contribution in [0.1, 0.15) is 6.42 Å². The fraction of sp³-hybridized carbons (Fsp3) is 0.294. The lowest BCUT2D eigenvalue weighted by molar-refractivity contribution is 0.434. The van der Waals surface area contributed by atoms with Crippen LogP contribution in [0.2, 0.25) is 0 Å². The summed E-state index contributed by atoms with van der Waals surface area (Å²) in [6.07, 6.45) is 11.3. The summed E-state index contributed by atoms with van der Waals surface area (Å²) in [5.74, 6) is -6.54. The third-order valence-electron chi connectivity index (χ3n) is 4.50. The molecule has 0 saturated carbocycles. The maximum Gasteiger partial charge on any atom is 0.244 e. The molecule has 1 aromatic rings. The van der Waals surface area contributed by atoms with Gasteiger partial charge in [-0.25, -0.2) is 35.1 Å². The van der Waals surface area contributed by atoms with Crippen LogP contribution in [0.3, 0.4) is 0 Å². The van der Waals surface area contributed by atoms with E-state index in [0.29, 0.717) is 6.42 Å². The summed E-state index contributed by atoms with van der Waals surface area (Å²) in [6, 6.07) is 0. The van der Waals surface area contributed by atoms with E-state index in [-0.39, 0.29) is 19.0 Å². The zero-order chi connectivity index (χ0) is 20.7. The van der Waals surface area contributed by atoms with E-state index in [1.54, 1.807) is 24.3 Å². The number of nitrogens with two attached hydrogens (primary N) is 1. The molecular weight excluding hydrogens is 417 g/mol. The molecule has 0 aromatic heterocycles. The minimum absolute atomic E-state index is 0.0727. The number of sulfone groups is 1. The lowest BCUT2D eigenvalue weighted by Gasteiger charge is -2.34. The Bertz CT molecular complexity index is 1110. The first-order chi connectivity index (χ1) is 13.0. The molecule has 11 heteroatoms. The topological polar surface area (TPSA) is 97.5 Å². The number of benzene rings is 1. The molecule has 0 amide bonds. The second-order valence-corrected chi connectivity index (χ2v) is 10.00. The van der Waals surface area contributed by atoms with Crippen LogP contribution in [0.4, 0.5) is 18.9 Å². The zero-order valence-corrected chi connectivity index (χ0v) is 16.1. The molecule has 2 aliphatic rings. The van der Waals surface area contributed by atoms with E-state index < -0.39 is 58.5 Å². The van der Waals surface area contributed by atoms with Crippen molar-refractivity contribution in [3.05, 3.63) is 53.9 Å². The van der Waals surface area contributed by atoms with Gasteiger partial charge >= 0.3 is 0 Å². The molecule has 0 spiro atoms. The maximum absolute atomic E-state index is 15.0. The van der Waals surface area contributed by atoms with Crippen molar-refractivity contribution in [1.29, 1.82) is 0 Å². The Labute approximate surface area is 160 Å². The van der Waals surface area contributed by atoms with Gasteiger partial charge in [-0.15, -0.1) is 0 Å². The minimum Gasteiger partial charge on any atom is -0.366 e. The lowest BCUT2D eigenvalue weighted by Crippen LogP contribution is -2.40. The smallest absolute Gasteiger partial charge is 0.244 e. The van der Waals surface area contributed by atoms with E-state index in [1.165, 1.54) is 4.90 Å².